The van der Waals surface area contributed by atoms with Gasteiger partial charge in [0.1, 0.15) is 0 Å². The molecule has 0 N–H and O–H groups in total. The molecule has 2 aliphatic rings. The summed E-state index contributed by atoms with van der Waals surface area (Å²) >= 11 is 6.19. The van der Waals surface area contributed by atoms with E-state index in [-0.39, 0.29) is 17.2 Å². The Kier molecular flexibility index (Phi) is 7.66. The predicted octanol–water partition coefficient (Wildman–Crippen LogP) is 6.58. The van der Waals surface area contributed by atoms with Crippen molar-refractivity contribution >= 4 is 17.5 Å². The van der Waals surface area contributed by atoms with Crippen molar-refractivity contribution in [1.82, 2.24) is 19.6 Å². The van der Waals surface area contributed by atoms with E-state index in [1.807, 2.05) is 64.2 Å². The highest BCUT2D eigenvalue weighted by molar-refractivity contribution is 6.30. The van der Waals surface area contributed by atoms with Gasteiger partial charge in [0.05, 0.1) is 34.8 Å². The molecule has 6 nitrogen and oxygen atoms in total. The van der Waals surface area contributed by atoms with Crippen LogP contribution < -0.4 is 0 Å². The summed E-state index contributed by atoms with van der Waals surface area (Å²) in [4.78, 5) is 18.6. The molecule has 208 valence electrons. The Labute approximate surface area is 246 Å². The fourth-order valence-electron chi connectivity index (χ4n) is 6.39. The molecule has 2 aliphatic heterocycles. The van der Waals surface area contributed by atoms with Crippen LogP contribution in [0.4, 0.5) is 0 Å². The van der Waals surface area contributed by atoms with Gasteiger partial charge < -0.3 is 4.90 Å². The number of amides is 1. The summed E-state index contributed by atoms with van der Waals surface area (Å²) in [5.41, 5.74) is 5.75. The van der Waals surface area contributed by atoms with Crippen LogP contribution >= 0.6 is 11.6 Å². The van der Waals surface area contributed by atoms with Gasteiger partial charge in [-0.25, -0.2) is 4.68 Å². The van der Waals surface area contributed by atoms with Crippen LogP contribution in [0.2, 0.25) is 5.02 Å². The number of hydrogen-bond acceptors (Lipinski definition) is 4. The van der Waals surface area contributed by atoms with E-state index in [2.05, 4.69) is 42.2 Å². The highest BCUT2D eigenvalue weighted by Crippen LogP contribution is 2.37. The zero-order valence-corrected chi connectivity index (χ0v) is 24.1. The second-order valence-electron chi connectivity index (χ2n) is 11.6. The molecule has 1 amide bonds. The van der Waals surface area contributed by atoms with Gasteiger partial charge in [-0.3, -0.25) is 9.69 Å². The average Bonchev–Trinajstić information content (AvgIpc) is 3.64. The fourth-order valence-corrected chi connectivity index (χ4v) is 6.52. The minimum Gasteiger partial charge on any atom is -0.338 e. The number of nitriles is 1. The molecular weight excluding hydrogens is 530 g/mol. The van der Waals surface area contributed by atoms with Gasteiger partial charge in [0.2, 0.25) is 0 Å². The zero-order chi connectivity index (χ0) is 28.4. The second-order valence-corrected chi connectivity index (χ2v) is 12.0. The van der Waals surface area contributed by atoms with Crippen LogP contribution in [-0.4, -0.2) is 51.7 Å². The summed E-state index contributed by atoms with van der Waals surface area (Å²) in [5.74, 6) is 0.285. The number of carbonyl (C=O) groups excluding carboxylic acids is 1. The quantitative estimate of drug-likeness (QED) is 0.266. The van der Waals surface area contributed by atoms with Gasteiger partial charge in [0, 0.05) is 36.0 Å². The third-order valence-electron chi connectivity index (χ3n) is 8.80. The summed E-state index contributed by atoms with van der Waals surface area (Å²) in [6.45, 7) is 6.41. The van der Waals surface area contributed by atoms with Crippen LogP contribution in [0.3, 0.4) is 0 Å². The average molecular weight is 564 g/mol. The van der Waals surface area contributed by atoms with E-state index in [9.17, 15) is 4.79 Å². The normalized spacial score (nSPS) is 19.8. The molecule has 0 unspecified atom stereocenters. The van der Waals surface area contributed by atoms with Crippen LogP contribution in [0.15, 0.2) is 85.1 Å². The lowest BCUT2D eigenvalue weighted by atomic mass is 9.82. The summed E-state index contributed by atoms with van der Waals surface area (Å²) in [6.07, 6.45) is 4.60. The molecule has 2 fully saturated rings. The Bertz CT molecular complexity index is 1550. The maximum atomic E-state index is 14.1. The summed E-state index contributed by atoms with van der Waals surface area (Å²) in [6, 6.07) is 28.2. The van der Waals surface area contributed by atoms with Crippen molar-refractivity contribution in [3.05, 3.63) is 118 Å². The van der Waals surface area contributed by atoms with Crippen molar-refractivity contribution in [1.29, 1.82) is 5.26 Å². The van der Waals surface area contributed by atoms with Crippen LogP contribution in [0.25, 0.3) is 5.69 Å². The zero-order valence-electron chi connectivity index (χ0n) is 23.3. The van der Waals surface area contributed by atoms with Gasteiger partial charge in [0.25, 0.3) is 5.91 Å². The minimum absolute atomic E-state index is 0.0555. The van der Waals surface area contributed by atoms with E-state index in [0.29, 0.717) is 22.7 Å². The number of nitrogens with zero attached hydrogens (tertiary/aromatic N) is 5. The van der Waals surface area contributed by atoms with E-state index in [1.54, 1.807) is 6.20 Å². The molecule has 2 saturated heterocycles. The molecule has 4 aromatic rings. The van der Waals surface area contributed by atoms with E-state index < -0.39 is 0 Å². The number of likely N-dealkylation sites (tertiary alicyclic amines) is 2. The molecule has 0 spiro atoms. The Balaban J connectivity index is 1.24. The highest BCUT2D eigenvalue weighted by Gasteiger charge is 2.39. The van der Waals surface area contributed by atoms with Crippen LogP contribution in [0.5, 0.6) is 0 Å². The first-order valence-corrected chi connectivity index (χ1v) is 14.7. The van der Waals surface area contributed by atoms with Gasteiger partial charge in [-0.2, -0.15) is 10.4 Å². The van der Waals surface area contributed by atoms with Gasteiger partial charge in [-0.05, 0) is 79.9 Å². The molecule has 1 aromatic heterocycles. The summed E-state index contributed by atoms with van der Waals surface area (Å²) < 4.78 is 1.96. The molecule has 0 bridgehead atoms. The van der Waals surface area contributed by atoms with Gasteiger partial charge in [0.15, 0.2) is 0 Å². The summed E-state index contributed by atoms with van der Waals surface area (Å²) in [7, 11) is 0. The first kappa shape index (κ1) is 27.3. The van der Waals surface area contributed by atoms with Crippen molar-refractivity contribution in [2.75, 3.05) is 26.2 Å². The number of carbonyl (C=O) groups is 1. The largest absolute Gasteiger partial charge is 0.338 e. The Morgan fingerprint density at radius 3 is 2.39 bits per heavy atom. The lowest BCUT2D eigenvalue weighted by molar-refractivity contribution is 0.0782. The first-order chi connectivity index (χ1) is 19.9. The SMILES string of the molecule is C[C@]1(c2ccccc2)CCN(C(=O)c2cnn(-c3ccc(Cl)cc3)c2C2CCN(Cc3ccc(C#N)cc3)CC2)C1. The fraction of sp³-hybridized carbons (Fsp3) is 0.324. The maximum absolute atomic E-state index is 14.1. The molecule has 7 heteroatoms. The lowest BCUT2D eigenvalue weighted by Crippen LogP contribution is -2.35. The maximum Gasteiger partial charge on any atom is 0.257 e. The van der Waals surface area contributed by atoms with Crippen molar-refractivity contribution in [2.45, 2.75) is 44.1 Å². The molecule has 3 aromatic carbocycles. The third kappa shape index (κ3) is 5.66. The van der Waals surface area contributed by atoms with E-state index in [4.69, 9.17) is 22.0 Å². The number of rotatable bonds is 6. The number of halogens is 1. The summed E-state index contributed by atoms with van der Waals surface area (Å²) in [5, 5.41) is 14.5. The Hall–Kier alpha value is -3.92. The number of hydrogen-bond donors (Lipinski definition) is 0. The molecule has 1 atom stereocenters. The Morgan fingerprint density at radius 1 is 1.00 bits per heavy atom. The van der Waals surface area contributed by atoms with Crippen LogP contribution in [0.1, 0.15) is 64.8 Å². The molecule has 0 saturated carbocycles. The molecule has 6 rings (SSSR count). The molecule has 3 heterocycles. The van der Waals surface area contributed by atoms with Crippen LogP contribution in [-0.2, 0) is 12.0 Å². The van der Waals surface area contributed by atoms with Crippen molar-refractivity contribution in [3.63, 3.8) is 0 Å². The van der Waals surface area contributed by atoms with E-state index in [1.165, 1.54) is 11.1 Å². The van der Waals surface area contributed by atoms with Crippen molar-refractivity contribution in [3.8, 4) is 11.8 Å². The third-order valence-corrected chi connectivity index (χ3v) is 9.05. The first-order valence-electron chi connectivity index (χ1n) is 14.3. The lowest BCUT2D eigenvalue weighted by Gasteiger charge is -2.33. The molecular formula is C34H34ClN5O. The standard InChI is InChI=1S/C34H34ClN5O/c1-34(28-5-3-2-4-6-28)17-20-39(24-34)33(41)31-22-37-40(30-13-11-29(35)12-14-30)32(31)27-15-18-38(19-16-27)23-26-9-7-25(21-36)8-10-26/h2-14,22,27H,15-20,23-24H2,1H3/t34-/m0/s1. The monoisotopic (exact) mass is 563 g/mol. The van der Waals surface area contributed by atoms with Gasteiger partial charge >= 0.3 is 0 Å². The number of benzene rings is 3. The van der Waals surface area contributed by atoms with Gasteiger partial charge in [-0.15, -0.1) is 0 Å². The van der Waals surface area contributed by atoms with Crippen molar-refractivity contribution in [2.24, 2.45) is 0 Å². The molecule has 0 aliphatic carbocycles. The van der Waals surface area contributed by atoms with E-state index in [0.717, 1.165) is 56.8 Å². The number of piperidine rings is 1. The molecule has 0 radical (unpaired) electrons. The highest BCUT2D eigenvalue weighted by atomic mass is 35.5. The van der Waals surface area contributed by atoms with Crippen LogP contribution in [0, 0.1) is 11.3 Å². The Morgan fingerprint density at radius 2 is 1.71 bits per heavy atom. The predicted molar refractivity (Wildman–Crippen MR) is 161 cm³/mol. The topological polar surface area (TPSA) is 65.2 Å². The second kappa shape index (κ2) is 11.5. The number of aromatic nitrogens is 2. The van der Waals surface area contributed by atoms with Gasteiger partial charge in [-0.1, -0.05) is 61.0 Å². The minimum atomic E-state index is -0.0555. The van der Waals surface area contributed by atoms with E-state index >= 15 is 0 Å². The van der Waals surface area contributed by atoms with Crippen molar-refractivity contribution < 1.29 is 4.79 Å². The molecule has 41 heavy (non-hydrogen) atoms. The smallest absolute Gasteiger partial charge is 0.257 e.